The molecule has 1 atom stereocenters. The average molecular weight is 293 g/mol. The third-order valence-corrected chi connectivity index (χ3v) is 4.65. The first kappa shape index (κ1) is 14.5. The third kappa shape index (κ3) is 4.30. The van der Waals surface area contributed by atoms with E-state index in [9.17, 15) is 0 Å². The van der Waals surface area contributed by atoms with Crippen LogP contribution in [-0.2, 0) is 0 Å². The van der Waals surface area contributed by atoms with Crippen molar-refractivity contribution >= 4 is 23.3 Å². The van der Waals surface area contributed by atoms with Crippen molar-refractivity contribution in [1.29, 1.82) is 0 Å². The third-order valence-electron chi connectivity index (χ3n) is 2.79. The van der Waals surface area contributed by atoms with E-state index in [2.05, 4.69) is 52.8 Å². The molecule has 1 aromatic carbocycles. The van der Waals surface area contributed by atoms with E-state index in [4.69, 9.17) is 0 Å². The highest BCUT2D eigenvalue weighted by Crippen LogP contribution is 2.29. The van der Waals surface area contributed by atoms with Gasteiger partial charge in [0.2, 0.25) is 0 Å². The van der Waals surface area contributed by atoms with Crippen LogP contribution in [0.1, 0.15) is 37.7 Å². The molecule has 0 aliphatic rings. The number of nitrogens with one attached hydrogen (secondary N) is 1. The zero-order chi connectivity index (χ0) is 13.7. The molecular formula is C14H19N3S2. The quantitative estimate of drug-likeness (QED) is 0.871. The van der Waals surface area contributed by atoms with Gasteiger partial charge in [0.15, 0.2) is 4.34 Å². The molecule has 0 saturated heterocycles. The Morgan fingerprint density at radius 1 is 1.32 bits per heavy atom. The summed E-state index contributed by atoms with van der Waals surface area (Å²) in [4.78, 5) is 5.57. The monoisotopic (exact) mass is 293 g/mol. The molecule has 3 nitrogen and oxygen atoms in total. The number of hydrogen-bond acceptors (Lipinski definition) is 5. The number of rotatable bonds is 6. The van der Waals surface area contributed by atoms with Crippen molar-refractivity contribution in [3.63, 3.8) is 0 Å². The van der Waals surface area contributed by atoms with Gasteiger partial charge in [0.05, 0.1) is 0 Å². The van der Waals surface area contributed by atoms with Gasteiger partial charge in [-0.2, -0.15) is 4.37 Å². The molecule has 102 valence electrons. The summed E-state index contributed by atoms with van der Waals surface area (Å²) in [6.45, 7) is 7.36. The standard InChI is InChI=1S/C14H19N3S2/c1-4-9-15-10(2)12-5-7-13(8-6-12)18-14-16-11(3)17-19-14/h5-8,10,15H,4,9H2,1-3H3. The van der Waals surface area contributed by atoms with Gasteiger partial charge in [0.1, 0.15) is 5.82 Å². The number of aryl methyl sites for hydroxylation is 1. The predicted molar refractivity (Wildman–Crippen MR) is 81.9 cm³/mol. The van der Waals surface area contributed by atoms with Crippen LogP contribution in [0.5, 0.6) is 0 Å². The maximum Gasteiger partial charge on any atom is 0.174 e. The lowest BCUT2D eigenvalue weighted by Gasteiger charge is -2.13. The molecule has 1 N–H and O–H groups in total. The molecule has 0 spiro atoms. The lowest BCUT2D eigenvalue weighted by molar-refractivity contribution is 0.570. The van der Waals surface area contributed by atoms with Crippen molar-refractivity contribution in [1.82, 2.24) is 14.7 Å². The molecule has 0 saturated carbocycles. The van der Waals surface area contributed by atoms with Crippen molar-refractivity contribution in [2.45, 2.75) is 42.5 Å². The van der Waals surface area contributed by atoms with Crippen LogP contribution in [0.15, 0.2) is 33.5 Å². The van der Waals surface area contributed by atoms with Gasteiger partial charge in [-0.1, -0.05) is 30.8 Å². The highest BCUT2D eigenvalue weighted by Gasteiger charge is 2.06. The Balaban J connectivity index is 1.98. The molecule has 2 rings (SSSR count). The fourth-order valence-electron chi connectivity index (χ4n) is 1.72. The van der Waals surface area contributed by atoms with Crippen LogP contribution >= 0.6 is 23.3 Å². The zero-order valence-electron chi connectivity index (χ0n) is 11.5. The zero-order valence-corrected chi connectivity index (χ0v) is 13.1. The summed E-state index contributed by atoms with van der Waals surface area (Å²) >= 11 is 3.13. The molecule has 1 aromatic heterocycles. The van der Waals surface area contributed by atoms with Gasteiger partial charge in [-0.3, -0.25) is 0 Å². The van der Waals surface area contributed by atoms with Crippen LogP contribution < -0.4 is 5.32 Å². The van der Waals surface area contributed by atoms with Crippen LogP contribution in [-0.4, -0.2) is 15.9 Å². The van der Waals surface area contributed by atoms with E-state index in [-0.39, 0.29) is 0 Å². The van der Waals surface area contributed by atoms with Gasteiger partial charge in [0, 0.05) is 10.9 Å². The molecule has 0 amide bonds. The molecule has 1 unspecified atom stereocenters. The Morgan fingerprint density at radius 3 is 2.63 bits per heavy atom. The molecule has 0 fully saturated rings. The van der Waals surface area contributed by atoms with Crippen molar-refractivity contribution in [3.05, 3.63) is 35.7 Å². The molecule has 1 heterocycles. The number of aromatic nitrogens is 2. The number of hydrogen-bond donors (Lipinski definition) is 1. The Bertz CT molecular complexity index is 508. The minimum absolute atomic E-state index is 0.405. The SMILES string of the molecule is CCCNC(C)c1ccc(Sc2nc(C)ns2)cc1. The molecule has 0 aliphatic carbocycles. The maximum absolute atomic E-state index is 4.36. The van der Waals surface area contributed by atoms with Crippen molar-refractivity contribution in [2.75, 3.05) is 6.54 Å². The average Bonchev–Trinajstić information content (AvgIpc) is 2.82. The highest BCUT2D eigenvalue weighted by atomic mass is 32.2. The maximum atomic E-state index is 4.36. The van der Waals surface area contributed by atoms with Crippen LogP contribution in [0.4, 0.5) is 0 Å². The Labute approximate surface area is 123 Å². The summed E-state index contributed by atoms with van der Waals surface area (Å²) in [5.41, 5.74) is 1.33. The van der Waals surface area contributed by atoms with E-state index in [0.717, 1.165) is 23.1 Å². The van der Waals surface area contributed by atoms with Gasteiger partial charge in [-0.25, -0.2) is 4.98 Å². The minimum atomic E-state index is 0.405. The first-order valence-corrected chi connectivity index (χ1v) is 8.09. The van der Waals surface area contributed by atoms with Crippen molar-refractivity contribution in [2.24, 2.45) is 0 Å². The lowest BCUT2D eigenvalue weighted by atomic mass is 10.1. The first-order chi connectivity index (χ1) is 9.19. The first-order valence-electron chi connectivity index (χ1n) is 6.50. The van der Waals surface area contributed by atoms with E-state index < -0.39 is 0 Å². The Morgan fingerprint density at radius 2 is 2.05 bits per heavy atom. The van der Waals surface area contributed by atoms with Crippen LogP contribution in [0.25, 0.3) is 0 Å². The fourth-order valence-corrected chi connectivity index (χ4v) is 3.35. The van der Waals surface area contributed by atoms with Crippen LogP contribution in [0, 0.1) is 6.92 Å². The van der Waals surface area contributed by atoms with E-state index in [1.165, 1.54) is 22.0 Å². The highest BCUT2D eigenvalue weighted by molar-refractivity contribution is 8.01. The Hall–Kier alpha value is -0.910. The summed E-state index contributed by atoms with van der Waals surface area (Å²) in [7, 11) is 0. The van der Waals surface area contributed by atoms with Crippen LogP contribution in [0.3, 0.4) is 0 Å². The normalized spacial score (nSPS) is 12.6. The second-order valence-corrected chi connectivity index (χ2v) is 6.53. The molecule has 2 aromatic rings. The lowest BCUT2D eigenvalue weighted by Crippen LogP contribution is -2.19. The molecule has 5 heteroatoms. The summed E-state index contributed by atoms with van der Waals surface area (Å²) in [5.74, 6) is 0.849. The van der Waals surface area contributed by atoms with Crippen molar-refractivity contribution < 1.29 is 0 Å². The molecule has 19 heavy (non-hydrogen) atoms. The summed E-state index contributed by atoms with van der Waals surface area (Å²) in [6.07, 6.45) is 1.16. The van der Waals surface area contributed by atoms with E-state index >= 15 is 0 Å². The van der Waals surface area contributed by atoms with Crippen molar-refractivity contribution in [3.8, 4) is 0 Å². The second-order valence-electron chi connectivity index (χ2n) is 4.45. The van der Waals surface area contributed by atoms with E-state index in [0.29, 0.717) is 6.04 Å². The van der Waals surface area contributed by atoms with E-state index in [1.54, 1.807) is 11.8 Å². The molecule has 0 bridgehead atoms. The molecular weight excluding hydrogens is 274 g/mol. The van der Waals surface area contributed by atoms with E-state index in [1.807, 2.05) is 6.92 Å². The van der Waals surface area contributed by atoms with Gasteiger partial charge < -0.3 is 5.32 Å². The minimum Gasteiger partial charge on any atom is -0.310 e. The topological polar surface area (TPSA) is 37.8 Å². The summed E-state index contributed by atoms with van der Waals surface area (Å²) in [6, 6.07) is 9.08. The van der Waals surface area contributed by atoms with Gasteiger partial charge in [-0.15, -0.1) is 0 Å². The van der Waals surface area contributed by atoms with Gasteiger partial charge >= 0.3 is 0 Å². The van der Waals surface area contributed by atoms with Gasteiger partial charge in [0.25, 0.3) is 0 Å². The molecule has 0 radical (unpaired) electrons. The fraction of sp³-hybridized carbons (Fsp3) is 0.429. The molecule has 0 aliphatic heterocycles. The predicted octanol–water partition coefficient (Wildman–Crippen LogP) is 4.06. The smallest absolute Gasteiger partial charge is 0.174 e. The number of benzene rings is 1. The largest absolute Gasteiger partial charge is 0.310 e. The summed E-state index contributed by atoms with van der Waals surface area (Å²) in [5, 5.41) is 3.49. The second kappa shape index (κ2) is 7.03. The van der Waals surface area contributed by atoms with Crippen LogP contribution in [0.2, 0.25) is 0 Å². The summed E-state index contributed by atoms with van der Waals surface area (Å²) < 4.78 is 5.19. The van der Waals surface area contributed by atoms with Gasteiger partial charge in [-0.05, 0) is 56.0 Å². The Kier molecular flexibility index (Phi) is 5.36. The number of nitrogens with zero attached hydrogens (tertiary/aromatic N) is 2.